The Balaban J connectivity index is 1.57. The quantitative estimate of drug-likeness (QED) is 0.495. The van der Waals surface area contributed by atoms with Gasteiger partial charge in [-0.15, -0.1) is 0 Å². The van der Waals surface area contributed by atoms with E-state index in [0.29, 0.717) is 16.9 Å². The van der Waals surface area contributed by atoms with Crippen molar-refractivity contribution in [2.75, 3.05) is 17.2 Å². The second-order valence-electron chi connectivity index (χ2n) is 6.65. The van der Waals surface area contributed by atoms with Gasteiger partial charge < -0.3 is 25.6 Å². The monoisotopic (exact) mass is 394 g/mol. The summed E-state index contributed by atoms with van der Waals surface area (Å²) in [4.78, 5) is 35.1. The van der Waals surface area contributed by atoms with Gasteiger partial charge in [0.25, 0.3) is 0 Å². The zero-order chi connectivity index (χ0) is 21.0. The van der Waals surface area contributed by atoms with Crippen molar-refractivity contribution in [3.8, 4) is 0 Å². The lowest BCUT2D eigenvalue weighted by Gasteiger charge is -2.12. The van der Waals surface area contributed by atoms with Crippen LogP contribution < -0.4 is 16.0 Å². The van der Waals surface area contributed by atoms with Crippen LogP contribution in [-0.2, 0) is 21.4 Å². The fraction of sp³-hybridized carbons (Fsp3) is 0.190. The summed E-state index contributed by atoms with van der Waals surface area (Å²) in [5.41, 5.74) is 2.64. The minimum absolute atomic E-state index is 0.0955. The molecule has 150 valence electrons. The first-order chi connectivity index (χ1) is 13.8. The van der Waals surface area contributed by atoms with Gasteiger partial charge in [0, 0.05) is 54.6 Å². The molecule has 0 saturated heterocycles. The summed E-state index contributed by atoms with van der Waals surface area (Å²) in [6, 6.07) is 14.0. The first-order valence-electron chi connectivity index (χ1n) is 9.04. The van der Waals surface area contributed by atoms with Gasteiger partial charge in [0.05, 0.1) is 6.10 Å². The van der Waals surface area contributed by atoms with Crippen LogP contribution in [0.3, 0.4) is 0 Å². The predicted molar refractivity (Wildman–Crippen MR) is 110 cm³/mol. The van der Waals surface area contributed by atoms with Gasteiger partial charge in [-0.05, 0) is 30.3 Å². The average molecular weight is 394 g/mol. The molecular formula is C21H22N4O4. The number of aromatic nitrogens is 1. The van der Waals surface area contributed by atoms with Crippen LogP contribution in [0.4, 0.5) is 11.4 Å². The second-order valence-corrected chi connectivity index (χ2v) is 6.65. The SMILES string of the molecule is CC(=O)Nc1ccc(NC(=O)C(=O)NCC(O)c2cn(C)c3ccccc23)cc1. The maximum absolute atomic E-state index is 12.1. The molecule has 2 aromatic carbocycles. The molecule has 4 N–H and O–H groups in total. The van der Waals surface area contributed by atoms with Gasteiger partial charge in [-0.3, -0.25) is 14.4 Å². The molecule has 1 aromatic heterocycles. The first kappa shape index (κ1) is 20.1. The van der Waals surface area contributed by atoms with E-state index in [4.69, 9.17) is 0 Å². The summed E-state index contributed by atoms with van der Waals surface area (Å²) in [6.07, 6.45) is 0.854. The van der Waals surface area contributed by atoms with E-state index in [9.17, 15) is 19.5 Å². The number of hydrogen-bond donors (Lipinski definition) is 4. The number of nitrogens with zero attached hydrogens (tertiary/aromatic N) is 1. The van der Waals surface area contributed by atoms with E-state index in [-0.39, 0.29) is 12.5 Å². The maximum Gasteiger partial charge on any atom is 0.313 e. The van der Waals surface area contributed by atoms with Crippen molar-refractivity contribution in [2.45, 2.75) is 13.0 Å². The van der Waals surface area contributed by atoms with Crippen LogP contribution in [0.1, 0.15) is 18.6 Å². The Labute approximate surface area is 167 Å². The van der Waals surface area contributed by atoms with Crippen LogP contribution in [0.5, 0.6) is 0 Å². The van der Waals surface area contributed by atoms with Crippen molar-refractivity contribution >= 4 is 40.0 Å². The number of amides is 3. The smallest absolute Gasteiger partial charge is 0.313 e. The van der Waals surface area contributed by atoms with Crippen LogP contribution in [-0.4, -0.2) is 33.9 Å². The van der Waals surface area contributed by atoms with Crippen LogP contribution in [0.15, 0.2) is 54.7 Å². The van der Waals surface area contributed by atoms with E-state index < -0.39 is 17.9 Å². The molecule has 0 spiro atoms. The summed E-state index contributed by atoms with van der Waals surface area (Å²) in [6.45, 7) is 1.30. The van der Waals surface area contributed by atoms with Gasteiger partial charge in [0.15, 0.2) is 0 Å². The lowest BCUT2D eigenvalue weighted by molar-refractivity contribution is -0.136. The van der Waals surface area contributed by atoms with Gasteiger partial charge in [-0.1, -0.05) is 18.2 Å². The number of para-hydroxylation sites is 1. The van der Waals surface area contributed by atoms with Gasteiger partial charge in [-0.2, -0.15) is 0 Å². The Hall–Kier alpha value is -3.65. The number of aliphatic hydroxyl groups is 1. The topological polar surface area (TPSA) is 112 Å². The first-order valence-corrected chi connectivity index (χ1v) is 9.04. The molecular weight excluding hydrogens is 372 g/mol. The summed E-state index contributed by atoms with van der Waals surface area (Å²) >= 11 is 0. The summed E-state index contributed by atoms with van der Waals surface area (Å²) in [5, 5.41) is 18.9. The number of aryl methyl sites for hydroxylation is 1. The molecule has 29 heavy (non-hydrogen) atoms. The Kier molecular flexibility index (Phi) is 5.94. The molecule has 8 nitrogen and oxygen atoms in total. The third kappa shape index (κ3) is 4.80. The van der Waals surface area contributed by atoms with Crippen molar-refractivity contribution in [2.24, 2.45) is 7.05 Å². The molecule has 1 heterocycles. The molecule has 0 aliphatic heterocycles. The van der Waals surface area contributed by atoms with Gasteiger partial charge in [0.2, 0.25) is 5.91 Å². The molecule has 3 amide bonds. The number of anilines is 2. The molecule has 0 bridgehead atoms. The maximum atomic E-state index is 12.1. The standard InChI is InChI=1S/C21H22N4O4/c1-13(26)23-14-7-9-15(10-8-14)24-21(29)20(28)22-11-19(27)17-12-25(2)18-6-4-3-5-16(17)18/h3-10,12,19,27H,11H2,1-2H3,(H,22,28)(H,23,26)(H,24,29). The Morgan fingerprint density at radius 1 is 0.966 bits per heavy atom. The second kappa shape index (κ2) is 8.57. The van der Waals surface area contributed by atoms with Crippen molar-refractivity contribution in [3.05, 3.63) is 60.3 Å². The third-order valence-electron chi connectivity index (χ3n) is 4.41. The molecule has 0 aliphatic rings. The van der Waals surface area contributed by atoms with Crippen LogP contribution >= 0.6 is 0 Å². The highest BCUT2D eigenvalue weighted by molar-refractivity contribution is 6.39. The van der Waals surface area contributed by atoms with E-state index in [0.717, 1.165) is 10.9 Å². The minimum Gasteiger partial charge on any atom is -0.386 e. The van der Waals surface area contributed by atoms with Crippen LogP contribution in [0.2, 0.25) is 0 Å². The van der Waals surface area contributed by atoms with Gasteiger partial charge in [-0.25, -0.2) is 0 Å². The fourth-order valence-electron chi connectivity index (χ4n) is 3.05. The van der Waals surface area contributed by atoms with Crippen molar-refractivity contribution in [3.63, 3.8) is 0 Å². The number of rotatable bonds is 5. The number of fused-ring (bicyclic) bond motifs is 1. The lowest BCUT2D eigenvalue weighted by Crippen LogP contribution is -2.37. The predicted octanol–water partition coefficient (Wildman–Crippen LogP) is 1.92. The molecule has 0 radical (unpaired) electrons. The largest absolute Gasteiger partial charge is 0.386 e. The highest BCUT2D eigenvalue weighted by Crippen LogP contribution is 2.25. The Morgan fingerprint density at radius 3 is 2.24 bits per heavy atom. The van der Waals surface area contributed by atoms with Gasteiger partial charge >= 0.3 is 11.8 Å². The minimum atomic E-state index is -0.949. The summed E-state index contributed by atoms with van der Waals surface area (Å²) in [5.74, 6) is -1.90. The van der Waals surface area contributed by atoms with Gasteiger partial charge in [0.1, 0.15) is 0 Å². The van der Waals surface area contributed by atoms with Crippen molar-refractivity contribution in [1.29, 1.82) is 0 Å². The van der Waals surface area contributed by atoms with Crippen LogP contribution in [0.25, 0.3) is 10.9 Å². The molecule has 3 rings (SSSR count). The van der Waals surface area contributed by atoms with E-state index in [1.165, 1.54) is 6.92 Å². The molecule has 1 atom stereocenters. The number of benzene rings is 2. The number of carbonyl (C=O) groups is 3. The fourth-order valence-corrected chi connectivity index (χ4v) is 3.05. The Bertz CT molecular complexity index is 1060. The number of hydrogen-bond acceptors (Lipinski definition) is 4. The summed E-state index contributed by atoms with van der Waals surface area (Å²) in [7, 11) is 1.88. The third-order valence-corrected chi connectivity index (χ3v) is 4.41. The molecule has 3 aromatic rings. The van der Waals surface area contributed by atoms with Crippen LogP contribution in [0, 0.1) is 0 Å². The molecule has 0 saturated carbocycles. The van der Waals surface area contributed by atoms with E-state index in [1.807, 2.05) is 35.9 Å². The number of nitrogens with one attached hydrogen (secondary N) is 3. The molecule has 8 heteroatoms. The highest BCUT2D eigenvalue weighted by atomic mass is 16.3. The zero-order valence-corrected chi connectivity index (χ0v) is 16.1. The zero-order valence-electron chi connectivity index (χ0n) is 16.1. The summed E-state index contributed by atoms with van der Waals surface area (Å²) < 4.78 is 1.90. The lowest BCUT2D eigenvalue weighted by atomic mass is 10.1. The molecule has 1 unspecified atom stereocenters. The average Bonchev–Trinajstić information content (AvgIpc) is 3.04. The molecule has 0 fully saturated rings. The normalized spacial score (nSPS) is 11.7. The van der Waals surface area contributed by atoms with E-state index >= 15 is 0 Å². The Morgan fingerprint density at radius 2 is 1.59 bits per heavy atom. The highest BCUT2D eigenvalue weighted by Gasteiger charge is 2.18. The number of carbonyl (C=O) groups excluding carboxylic acids is 3. The van der Waals surface area contributed by atoms with Crippen molar-refractivity contribution < 1.29 is 19.5 Å². The van der Waals surface area contributed by atoms with Crippen molar-refractivity contribution in [1.82, 2.24) is 9.88 Å². The van der Waals surface area contributed by atoms with E-state index in [1.54, 1.807) is 30.5 Å². The number of aliphatic hydroxyl groups excluding tert-OH is 1. The molecule has 0 aliphatic carbocycles. The van der Waals surface area contributed by atoms with E-state index in [2.05, 4.69) is 16.0 Å².